The largest absolute Gasteiger partial charge is 0.378 e. The van der Waals surface area contributed by atoms with Crippen LogP contribution in [0.5, 0.6) is 0 Å². The predicted octanol–water partition coefficient (Wildman–Crippen LogP) is 3.47. The van der Waals surface area contributed by atoms with Gasteiger partial charge < -0.3 is 20.9 Å². The molecule has 1 atom stereocenters. The summed E-state index contributed by atoms with van der Waals surface area (Å²) in [5, 5.41) is 9.26. The van der Waals surface area contributed by atoms with Gasteiger partial charge in [-0.1, -0.05) is 20.8 Å². The van der Waals surface area contributed by atoms with Crippen LogP contribution in [0.1, 0.15) is 27.7 Å². The van der Waals surface area contributed by atoms with Gasteiger partial charge in [-0.2, -0.15) is 4.98 Å². The van der Waals surface area contributed by atoms with Gasteiger partial charge in [-0.3, -0.25) is 9.59 Å². The van der Waals surface area contributed by atoms with Gasteiger partial charge in [0, 0.05) is 37.7 Å². The molecule has 0 amide bonds. The minimum Gasteiger partial charge on any atom is -0.378 e. The van der Waals surface area contributed by atoms with E-state index >= 15 is 0 Å². The van der Waals surface area contributed by atoms with Crippen molar-refractivity contribution in [1.82, 2.24) is 9.97 Å². The van der Waals surface area contributed by atoms with Crippen LogP contribution in [-0.2, 0) is 0 Å². The van der Waals surface area contributed by atoms with Gasteiger partial charge in [-0.25, -0.2) is 4.98 Å². The van der Waals surface area contributed by atoms with E-state index in [-0.39, 0.29) is 17.1 Å². The first-order valence-corrected chi connectivity index (χ1v) is 9.80. The molecule has 0 fully saturated rings. The standard InChI is InChI=1S/C22H28N6O2/c1-13(22(2,3)4)24-17-18(20(30)19(17)29)26-16-11-12-23-21(27-16)25-14-7-9-15(10-8-14)28(5)6/h7-13,24H,1-6H3,(H2,23,25,26,27). The highest BCUT2D eigenvalue weighted by molar-refractivity contribution is 5.78. The number of rotatable bonds is 7. The van der Waals surface area contributed by atoms with Crippen molar-refractivity contribution >= 4 is 34.5 Å². The highest BCUT2D eigenvalue weighted by atomic mass is 16.2. The molecular formula is C22H28N6O2. The molecule has 8 heteroatoms. The first-order chi connectivity index (χ1) is 14.1. The third-order valence-electron chi connectivity index (χ3n) is 5.12. The second-order valence-corrected chi connectivity index (χ2v) is 8.60. The summed E-state index contributed by atoms with van der Waals surface area (Å²) in [6.45, 7) is 8.18. The summed E-state index contributed by atoms with van der Waals surface area (Å²) in [5.41, 5.74) is 1.33. The molecule has 0 saturated carbocycles. The van der Waals surface area contributed by atoms with E-state index < -0.39 is 10.9 Å². The lowest BCUT2D eigenvalue weighted by atomic mass is 9.87. The van der Waals surface area contributed by atoms with Crippen molar-refractivity contribution in [3.8, 4) is 0 Å². The molecule has 30 heavy (non-hydrogen) atoms. The Morgan fingerprint density at radius 3 is 2.17 bits per heavy atom. The molecule has 3 aromatic rings. The molecule has 0 bridgehead atoms. The first kappa shape index (κ1) is 21.3. The van der Waals surface area contributed by atoms with Crippen molar-refractivity contribution in [1.29, 1.82) is 0 Å². The van der Waals surface area contributed by atoms with E-state index in [1.807, 2.05) is 50.2 Å². The Morgan fingerprint density at radius 2 is 1.57 bits per heavy atom. The Balaban J connectivity index is 1.75. The number of nitrogens with zero attached hydrogens (tertiary/aromatic N) is 3. The summed E-state index contributed by atoms with van der Waals surface area (Å²) in [6, 6.07) is 9.50. The molecule has 2 aromatic carbocycles. The van der Waals surface area contributed by atoms with Gasteiger partial charge in [0.1, 0.15) is 17.2 Å². The van der Waals surface area contributed by atoms with Crippen LogP contribution in [0.15, 0.2) is 46.1 Å². The fraction of sp³-hybridized carbons (Fsp3) is 0.364. The molecule has 158 valence electrons. The van der Waals surface area contributed by atoms with E-state index in [4.69, 9.17) is 0 Å². The Morgan fingerprint density at radius 1 is 0.933 bits per heavy atom. The quantitative estimate of drug-likeness (QED) is 0.511. The summed E-state index contributed by atoms with van der Waals surface area (Å²) in [6.07, 6.45) is 1.59. The highest BCUT2D eigenvalue weighted by Gasteiger charge is 2.27. The van der Waals surface area contributed by atoms with E-state index in [9.17, 15) is 9.59 Å². The van der Waals surface area contributed by atoms with Gasteiger partial charge >= 0.3 is 0 Å². The summed E-state index contributed by atoms with van der Waals surface area (Å²) in [5.74, 6) is 0.810. The molecule has 3 rings (SSSR count). The monoisotopic (exact) mass is 408 g/mol. The van der Waals surface area contributed by atoms with Crippen LogP contribution in [0.25, 0.3) is 0 Å². The molecule has 0 aliphatic rings. The molecule has 0 radical (unpaired) electrons. The van der Waals surface area contributed by atoms with Gasteiger partial charge in [-0.05, 0) is 42.7 Å². The molecule has 0 aliphatic carbocycles. The summed E-state index contributed by atoms with van der Waals surface area (Å²) in [4.78, 5) is 34.8. The fourth-order valence-electron chi connectivity index (χ4n) is 2.67. The third kappa shape index (κ3) is 4.59. The van der Waals surface area contributed by atoms with Crippen molar-refractivity contribution in [2.75, 3.05) is 34.9 Å². The van der Waals surface area contributed by atoms with Crippen LogP contribution in [0.3, 0.4) is 0 Å². The number of anilines is 6. The van der Waals surface area contributed by atoms with Gasteiger partial charge in [0.2, 0.25) is 5.95 Å². The number of benzene rings is 1. The minimum absolute atomic E-state index is 0.00844. The molecule has 8 nitrogen and oxygen atoms in total. The number of hydrogen-bond donors (Lipinski definition) is 3. The van der Waals surface area contributed by atoms with E-state index in [1.165, 1.54) is 0 Å². The molecule has 0 saturated heterocycles. The molecule has 1 aromatic heterocycles. The maximum Gasteiger partial charge on any atom is 0.253 e. The Labute approximate surface area is 176 Å². The maximum atomic E-state index is 12.1. The van der Waals surface area contributed by atoms with Crippen molar-refractivity contribution < 1.29 is 0 Å². The molecule has 3 N–H and O–H groups in total. The van der Waals surface area contributed by atoms with E-state index in [2.05, 4.69) is 46.7 Å². The number of aromatic nitrogens is 2. The molecule has 1 heterocycles. The SMILES string of the molecule is CC(Nc1c(Nc2ccnc(Nc3ccc(N(C)C)cc3)n2)c(=O)c1=O)C(C)(C)C. The molecule has 0 aliphatic heterocycles. The second-order valence-electron chi connectivity index (χ2n) is 8.60. The zero-order valence-electron chi connectivity index (χ0n) is 18.2. The van der Waals surface area contributed by atoms with Crippen LogP contribution in [0, 0.1) is 5.41 Å². The second kappa shape index (κ2) is 8.14. The van der Waals surface area contributed by atoms with Crippen molar-refractivity contribution in [2.24, 2.45) is 5.41 Å². The number of hydrogen-bond acceptors (Lipinski definition) is 8. The van der Waals surface area contributed by atoms with Crippen molar-refractivity contribution in [3.05, 3.63) is 57.0 Å². The third-order valence-corrected chi connectivity index (χ3v) is 5.12. The zero-order chi connectivity index (χ0) is 22.1. The van der Waals surface area contributed by atoms with E-state index in [0.717, 1.165) is 11.4 Å². The predicted molar refractivity (Wildman–Crippen MR) is 123 cm³/mol. The smallest absolute Gasteiger partial charge is 0.253 e. The molecular weight excluding hydrogens is 380 g/mol. The van der Waals surface area contributed by atoms with E-state index in [1.54, 1.807) is 12.3 Å². The molecule has 1 unspecified atom stereocenters. The Bertz CT molecular complexity index is 1090. The van der Waals surface area contributed by atoms with Crippen LogP contribution >= 0.6 is 0 Å². The first-order valence-electron chi connectivity index (χ1n) is 9.80. The van der Waals surface area contributed by atoms with Gasteiger partial charge in [0.15, 0.2) is 0 Å². The van der Waals surface area contributed by atoms with Gasteiger partial charge in [-0.15, -0.1) is 0 Å². The topological polar surface area (TPSA) is 99.2 Å². The van der Waals surface area contributed by atoms with E-state index in [0.29, 0.717) is 17.5 Å². The summed E-state index contributed by atoms with van der Waals surface area (Å²) < 4.78 is 0. The molecule has 0 spiro atoms. The average molecular weight is 409 g/mol. The lowest BCUT2D eigenvalue weighted by Crippen LogP contribution is -2.41. The van der Waals surface area contributed by atoms with Gasteiger partial charge in [0.05, 0.1) is 0 Å². The normalized spacial score (nSPS) is 12.5. The van der Waals surface area contributed by atoms with Crippen molar-refractivity contribution in [3.63, 3.8) is 0 Å². The maximum absolute atomic E-state index is 12.1. The summed E-state index contributed by atoms with van der Waals surface area (Å²) >= 11 is 0. The van der Waals surface area contributed by atoms with Crippen LogP contribution in [0.2, 0.25) is 0 Å². The van der Waals surface area contributed by atoms with Crippen LogP contribution in [-0.4, -0.2) is 30.1 Å². The lowest BCUT2D eigenvalue weighted by Gasteiger charge is -2.30. The van der Waals surface area contributed by atoms with Crippen LogP contribution < -0.4 is 31.7 Å². The Hall–Kier alpha value is -3.42. The highest BCUT2D eigenvalue weighted by Crippen LogP contribution is 2.26. The number of nitrogens with one attached hydrogen (secondary N) is 3. The fourth-order valence-corrected chi connectivity index (χ4v) is 2.67. The zero-order valence-corrected chi connectivity index (χ0v) is 18.2. The van der Waals surface area contributed by atoms with Gasteiger partial charge in [0.25, 0.3) is 10.9 Å². The Kier molecular flexibility index (Phi) is 5.78. The van der Waals surface area contributed by atoms with Crippen molar-refractivity contribution in [2.45, 2.75) is 33.7 Å². The summed E-state index contributed by atoms with van der Waals surface area (Å²) in [7, 11) is 3.96. The van der Waals surface area contributed by atoms with Crippen LogP contribution in [0.4, 0.5) is 34.5 Å². The lowest BCUT2D eigenvalue weighted by molar-refractivity contribution is 0.359. The minimum atomic E-state index is -0.550. The average Bonchev–Trinajstić information content (AvgIpc) is 2.70.